The highest BCUT2D eigenvalue weighted by atomic mass is 35.5. The summed E-state index contributed by atoms with van der Waals surface area (Å²) in [5, 5.41) is 3.71. The van der Waals surface area contributed by atoms with Crippen LogP contribution in [-0.2, 0) is 9.53 Å². The topological polar surface area (TPSA) is 64.3 Å². The molecule has 5 heteroatoms. The third-order valence-corrected chi connectivity index (χ3v) is 3.18. The van der Waals surface area contributed by atoms with Gasteiger partial charge < -0.3 is 15.8 Å². The fraction of sp³-hybridized carbons (Fsp3) is 0.417. The predicted molar refractivity (Wildman–Crippen MR) is 69.1 cm³/mol. The fourth-order valence-electron chi connectivity index (χ4n) is 1.43. The first-order valence-electron chi connectivity index (χ1n) is 5.26. The van der Waals surface area contributed by atoms with Crippen LogP contribution in [0.15, 0.2) is 24.3 Å². The summed E-state index contributed by atoms with van der Waals surface area (Å²) in [6, 6.07) is 7.04. The van der Waals surface area contributed by atoms with Gasteiger partial charge in [0.15, 0.2) is 0 Å². The summed E-state index contributed by atoms with van der Waals surface area (Å²) < 4.78 is 5.18. The number of carbonyl (C=O) groups is 1. The smallest absolute Gasteiger partial charge is 0.245 e. The van der Waals surface area contributed by atoms with Gasteiger partial charge in [0.2, 0.25) is 5.91 Å². The lowest BCUT2D eigenvalue weighted by molar-refractivity contribution is -0.125. The van der Waals surface area contributed by atoms with Crippen molar-refractivity contribution < 1.29 is 9.53 Å². The van der Waals surface area contributed by atoms with Crippen LogP contribution in [0, 0.1) is 0 Å². The molecule has 3 N–H and O–H groups in total. The van der Waals surface area contributed by atoms with E-state index in [0.717, 1.165) is 5.69 Å². The van der Waals surface area contributed by atoms with Crippen molar-refractivity contribution in [1.29, 1.82) is 0 Å². The number of anilines is 1. The third-order valence-electron chi connectivity index (χ3n) is 2.93. The summed E-state index contributed by atoms with van der Waals surface area (Å²) in [4.78, 5) is 11.5. The molecule has 0 fully saturated rings. The van der Waals surface area contributed by atoms with E-state index in [1.54, 1.807) is 38.1 Å². The molecule has 0 spiro atoms. The van der Waals surface area contributed by atoms with Gasteiger partial charge in [-0.1, -0.05) is 11.6 Å². The van der Waals surface area contributed by atoms with Crippen LogP contribution < -0.4 is 11.1 Å². The first-order chi connectivity index (χ1) is 7.90. The molecule has 2 unspecified atom stereocenters. The Bertz CT molecular complexity index is 394. The molecule has 0 saturated heterocycles. The Morgan fingerprint density at radius 2 is 2.00 bits per heavy atom. The minimum Gasteiger partial charge on any atom is -0.379 e. The van der Waals surface area contributed by atoms with Gasteiger partial charge in [-0.25, -0.2) is 0 Å². The number of benzene rings is 1. The van der Waals surface area contributed by atoms with Crippen LogP contribution in [0.4, 0.5) is 5.69 Å². The second kappa shape index (κ2) is 5.38. The number of amides is 1. The maximum absolute atomic E-state index is 11.5. The third kappa shape index (κ3) is 3.11. The van der Waals surface area contributed by atoms with Gasteiger partial charge in [0.25, 0.3) is 0 Å². The summed E-state index contributed by atoms with van der Waals surface area (Å²) in [5.74, 6) is -0.471. The molecular weight excluding hydrogens is 240 g/mol. The maximum Gasteiger partial charge on any atom is 0.245 e. The van der Waals surface area contributed by atoms with Crippen molar-refractivity contribution in [2.24, 2.45) is 5.73 Å². The highest BCUT2D eigenvalue weighted by molar-refractivity contribution is 6.30. The van der Waals surface area contributed by atoms with Crippen molar-refractivity contribution in [2.45, 2.75) is 25.5 Å². The monoisotopic (exact) mass is 256 g/mol. The Balaban J connectivity index is 2.94. The molecule has 0 aliphatic rings. The van der Waals surface area contributed by atoms with Gasteiger partial charge in [-0.15, -0.1) is 0 Å². The van der Waals surface area contributed by atoms with Gasteiger partial charge in [-0.2, -0.15) is 0 Å². The van der Waals surface area contributed by atoms with E-state index in [2.05, 4.69) is 5.32 Å². The number of nitrogens with one attached hydrogen (secondary N) is 1. The molecule has 0 aromatic heterocycles. The van der Waals surface area contributed by atoms with Crippen LogP contribution in [-0.4, -0.2) is 24.7 Å². The van der Waals surface area contributed by atoms with Crippen molar-refractivity contribution in [3.05, 3.63) is 29.3 Å². The normalized spacial score (nSPS) is 16.0. The Labute approximate surface area is 106 Å². The highest BCUT2D eigenvalue weighted by Crippen LogP contribution is 2.21. The van der Waals surface area contributed by atoms with E-state index in [0.29, 0.717) is 5.02 Å². The summed E-state index contributed by atoms with van der Waals surface area (Å²) >= 11 is 5.79. The number of halogens is 1. The molecule has 2 atom stereocenters. The molecule has 1 aromatic rings. The quantitative estimate of drug-likeness (QED) is 0.847. The highest BCUT2D eigenvalue weighted by Gasteiger charge is 2.37. The fourth-order valence-corrected chi connectivity index (χ4v) is 1.56. The second-order valence-electron chi connectivity index (χ2n) is 4.08. The molecule has 4 nitrogen and oxygen atoms in total. The van der Waals surface area contributed by atoms with Gasteiger partial charge in [0.05, 0.1) is 6.10 Å². The number of primary amides is 1. The molecule has 0 aliphatic carbocycles. The largest absolute Gasteiger partial charge is 0.379 e. The number of ether oxygens (including phenoxy) is 1. The van der Waals surface area contributed by atoms with Crippen molar-refractivity contribution in [2.75, 3.05) is 12.4 Å². The van der Waals surface area contributed by atoms with Crippen LogP contribution in [0.2, 0.25) is 5.02 Å². The van der Waals surface area contributed by atoms with Crippen LogP contribution in [0.5, 0.6) is 0 Å². The summed E-state index contributed by atoms with van der Waals surface area (Å²) in [5.41, 5.74) is 5.21. The zero-order valence-corrected chi connectivity index (χ0v) is 10.9. The number of nitrogens with two attached hydrogens (primary N) is 1. The second-order valence-corrected chi connectivity index (χ2v) is 4.51. The predicted octanol–water partition coefficient (Wildman–Crippen LogP) is 2.03. The summed E-state index contributed by atoms with van der Waals surface area (Å²) in [6.07, 6.45) is -0.351. The number of carbonyl (C=O) groups excluding carboxylic acids is 1. The maximum atomic E-state index is 11.5. The molecule has 1 rings (SSSR count). The zero-order valence-electron chi connectivity index (χ0n) is 10.2. The lowest BCUT2D eigenvalue weighted by Crippen LogP contribution is -2.56. The Hall–Kier alpha value is -1.26. The zero-order chi connectivity index (χ0) is 13.1. The Kier molecular flexibility index (Phi) is 4.37. The van der Waals surface area contributed by atoms with Crippen LogP contribution in [0.1, 0.15) is 13.8 Å². The molecule has 0 aliphatic heterocycles. The lowest BCUT2D eigenvalue weighted by Gasteiger charge is -2.33. The molecule has 0 saturated carbocycles. The Morgan fingerprint density at radius 3 is 2.41 bits per heavy atom. The van der Waals surface area contributed by atoms with Crippen molar-refractivity contribution >= 4 is 23.2 Å². The first-order valence-corrected chi connectivity index (χ1v) is 5.64. The molecule has 0 heterocycles. The number of hydrogen-bond donors (Lipinski definition) is 2. The summed E-state index contributed by atoms with van der Waals surface area (Å²) in [7, 11) is 1.54. The van der Waals surface area contributed by atoms with E-state index in [-0.39, 0.29) is 6.10 Å². The molecule has 1 amide bonds. The van der Waals surface area contributed by atoms with E-state index >= 15 is 0 Å². The standard InChI is InChI=1S/C12H17ClN2O2/c1-8(17-3)12(2,11(14)16)15-10-6-4-9(13)5-7-10/h4-8,15H,1-3H3,(H2,14,16). The SMILES string of the molecule is COC(C)C(C)(Nc1ccc(Cl)cc1)C(N)=O. The van der Waals surface area contributed by atoms with E-state index in [1.165, 1.54) is 7.11 Å². The first kappa shape index (κ1) is 13.8. The van der Waals surface area contributed by atoms with Gasteiger partial charge in [0, 0.05) is 17.8 Å². The van der Waals surface area contributed by atoms with Gasteiger partial charge in [-0.3, -0.25) is 4.79 Å². The van der Waals surface area contributed by atoms with E-state index < -0.39 is 11.4 Å². The minimum atomic E-state index is -0.970. The average molecular weight is 257 g/mol. The summed E-state index contributed by atoms with van der Waals surface area (Å²) in [6.45, 7) is 3.49. The molecule has 1 aromatic carbocycles. The van der Waals surface area contributed by atoms with Gasteiger partial charge in [0.1, 0.15) is 5.54 Å². The molecule has 0 bridgehead atoms. The lowest BCUT2D eigenvalue weighted by atomic mass is 9.94. The van der Waals surface area contributed by atoms with E-state index in [1.807, 2.05) is 0 Å². The van der Waals surface area contributed by atoms with Crippen molar-refractivity contribution in [3.8, 4) is 0 Å². The molecule has 17 heavy (non-hydrogen) atoms. The van der Waals surface area contributed by atoms with Gasteiger partial charge >= 0.3 is 0 Å². The number of rotatable bonds is 5. The average Bonchev–Trinajstić information content (AvgIpc) is 2.30. The van der Waals surface area contributed by atoms with Crippen LogP contribution in [0.25, 0.3) is 0 Å². The molecular formula is C12H17ClN2O2. The molecule has 0 radical (unpaired) electrons. The minimum absolute atomic E-state index is 0.351. The van der Waals surface area contributed by atoms with Crippen molar-refractivity contribution in [3.63, 3.8) is 0 Å². The van der Waals surface area contributed by atoms with Gasteiger partial charge in [-0.05, 0) is 38.1 Å². The van der Waals surface area contributed by atoms with E-state index in [9.17, 15) is 4.79 Å². The van der Waals surface area contributed by atoms with Crippen LogP contribution in [0.3, 0.4) is 0 Å². The number of hydrogen-bond acceptors (Lipinski definition) is 3. The Morgan fingerprint density at radius 1 is 1.47 bits per heavy atom. The number of methoxy groups -OCH3 is 1. The van der Waals surface area contributed by atoms with Crippen molar-refractivity contribution in [1.82, 2.24) is 0 Å². The van der Waals surface area contributed by atoms with E-state index in [4.69, 9.17) is 22.1 Å². The van der Waals surface area contributed by atoms with Crippen LogP contribution >= 0.6 is 11.6 Å². The molecule has 94 valence electrons.